The number of aromatic nitrogens is 2. The standard InChI is InChI=1S/C12H17N3OS/c1-3-9-5-14-11(16-9)8-13-6-10-7-15-12(4-2)17-10/h5,7,13H,3-4,6,8H2,1-2H3. The highest BCUT2D eigenvalue weighted by molar-refractivity contribution is 7.11. The third-order valence-electron chi connectivity index (χ3n) is 2.43. The van der Waals surface area contributed by atoms with Crippen molar-refractivity contribution in [2.24, 2.45) is 0 Å². The molecule has 5 heteroatoms. The molecule has 0 saturated heterocycles. The van der Waals surface area contributed by atoms with Crippen LogP contribution in [-0.4, -0.2) is 9.97 Å². The van der Waals surface area contributed by atoms with Crippen molar-refractivity contribution in [3.05, 3.63) is 33.9 Å². The summed E-state index contributed by atoms with van der Waals surface area (Å²) in [5.41, 5.74) is 0. The van der Waals surface area contributed by atoms with E-state index in [0.717, 1.165) is 31.0 Å². The van der Waals surface area contributed by atoms with Crippen molar-refractivity contribution in [3.8, 4) is 0 Å². The van der Waals surface area contributed by atoms with Gasteiger partial charge in [0, 0.05) is 24.0 Å². The van der Waals surface area contributed by atoms with Crippen LogP contribution in [0.3, 0.4) is 0 Å². The summed E-state index contributed by atoms with van der Waals surface area (Å²) in [5, 5.41) is 4.49. The van der Waals surface area contributed by atoms with Crippen molar-refractivity contribution in [2.75, 3.05) is 0 Å². The van der Waals surface area contributed by atoms with Gasteiger partial charge in [-0.15, -0.1) is 11.3 Å². The van der Waals surface area contributed by atoms with Crippen molar-refractivity contribution in [3.63, 3.8) is 0 Å². The fourth-order valence-electron chi connectivity index (χ4n) is 1.48. The van der Waals surface area contributed by atoms with E-state index < -0.39 is 0 Å². The molecule has 0 aliphatic carbocycles. The maximum absolute atomic E-state index is 5.51. The summed E-state index contributed by atoms with van der Waals surface area (Å²) in [6, 6.07) is 0. The van der Waals surface area contributed by atoms with Gasteiger partial charge in [0.15, 0.2) is 0 Å². The topological polar surface area (TPSA) is 51.0 Å². The summed E-state index contributed by atoms with van der Waals surface area (Å²) in [7, 11) is 0. The lowest BCUT2D eigenvalue weighted by Gasteiger charge is -1.98. The molecule has 4 nitrogen and oxygen atoms in total. The normalized spacial score (nSPS) is 10.9. The first-order valence-corrected chi connectivity index (χ1v) is 6.71. The van der Waals surface area contributed by atoms with E-state index in [1.165, 1.54) is 9.88 Å². The number of hydrogen-bond acceptors (Lipinski definition) is 5. The highest BCUT2D eigenvalue weighted by Gasteiger charge is 2.03. The van der Waals surface area contributed by atoms with E-state index in [2.05, 4.69) is 29.1 Å². The Morgan fingerprint density at radius 1 is 1.18 bits per heavy atom. The van der Waals surface area contributed by atoms with Crippen LogP contribution in [0, 0.1) is 0 Å². The van der Waals surface area contributed by atoms with Crippen molar-refractivity contribution in [1.82, 2.24) is 15.3 Å². The molecule has 0 spiro atoms. The molecule has 17 heavy (non-hydrogen) atoms. The van der Waals surface area contributed by atoms with Crippen LogP contribution in [0.25, 0.3) is 0 Å². The second-order valence-electron chi connectivity index (χ2n) is 3.75. The average molecular weight is 251 g/mol. The molecule has 0 atom stereocenters. The quantitative estimate of drug-likeness (QED) is 0.857. The molecule has 0 amide bonds. The van der Waals surface area contributed by atoms with Crippen LogP contribution < -0.4 is 5.32 Å². The Labute approximate surface area is 105 Å². The molecule has 0 radical (unpaired) electrons. The van der Waals surface area contributed by atoms with Gasteiger partial charge in [0.2, 0.25) is 5.89 Å². The summed E-state index contributed by atoms with van der Waals surface area (Å²) < 4.78 is 5.51. The molecule has 2 aromatic heterocycles. The summed E-state index contributed by atoms with van der Waals surface area (Å²) in [6.07, 6.45) is 5.62. The van der Waals surface area contributed by atoms with Crippen LogP contribution >= 0.6 is 11.3 Å². The van der Waals surface area contributed by atoms with Crippen molar-refractivity contribution in [1.29, 1.82) is 0 Å². The Morgan fingerprint density at radius 3 is 2.71 bits per heavy atom. The molecule has 2 aromatic rings. The Balaban J connectivity index is 1.79. The lowest BCUT2D eigenvalue weighted by molar-refractivity contribution is 0.439. The van der Waals surface area contributed by atoms with Crippen molar-refractivity contribution >= 4 is 11.3 Å². The second-order valence-corrected chi connectivity index (χ2v) is 4.95. The minimum absolute atomic E-state index is 0.666. The van der Waals surface area contributed by atoms with Gasteiger partial charge in [-0.2, -0.15) is 0 Å². The predicted molar refractivity (Wildman–Crippen MR) is 67.9 cm³/mol. The van der Waals surface area contributed by atoms with Crippen LogP contribution in [0.5, 0.6) is 0 Å². The molecule has 0 saturated carbocycles. The number of thiazole rings is 1. The summed E-state index contributed by atoms with van der Waals surface area (Å²) in [5.74, 6) is 1.69. The first-order chi connectivity index (χ1) is 8.31. The number of nitrogens with zero attached hydrogens (tertiary/aromatic N) is 2. The lowest BCUT2D eigenvalue weighted by Crippen LogP contribution is -2.11. The van der Waals surface area contributed by atoms with Gasteiger partial charge in [-0.25, -0.2) is 9.97 Å². The summed E-state index contributed by atoms with van der Waals surface area (Å²) in [4.78, 5) is 9.77. The molecule has 0 bridgehead atoms. The van der Waals surface area contributed by atoms with E-state index in [4.69, 9.17) is 4.42 Å². The number of hydrogen-bond donors (Lipinski definition) is 1. The summed E-state index contributed by atoms with van der Waals surface area (Å²) >= 11 is 1.75. The van der Waals surface area contributed by atoms with E-state index in [9.17, 15) is 0 Å². The number of nitrogens with one attached hydrogen (secondary N) is 1. The third kappa shape index (κ3) is 3.38. The van der Waals surface area contributed by atoms with E-state index in [1.807, 2.05) is 6.20 Å². The molecule has 0 aliphatic rings. The fraction of sp³-hybridized carbons (Fsp3) is 0.500. The average Bonchev–Trinajstić information content (AvgIpc) is 2.97. The van der Waals surface area contributed by atoms with E-state index in [1.54, 1.807) is 17.5 Å². The summed E-state index contributed by atoms with van der Waals surface area (Å²) in [6.45, 7) is 5.66. The third-order valence-corrected chi connectivity index (χ3v) is 3.57. The largest absolute Gasteiger partial charge is 0.444 e. The minimum atomic E-state index is 0.666. The molecular weight excluding hydrogens is 234 g/mol. The van der Waals surface area contributed by atoms with Crippen LogP contribution in [-0.2, 0) is 25.9 Å². The first kappa shape index (κ1) is 12.3. The van der Waals surface area contributed by atoms with Crippen LogP contribution in [0.2, 0.25) is 0 Å². The number of aryl methyl sites for hydroxylation is 2. The Bertz CT molecular complexity index is 422. The number of rotatable bonds is 6. The maximum Gasteiger partial charge on any atom is 0.208 e. The lowest BCUT2D eigenvalue weighted by atomic mass is 10.4. The predicted octanol–water partition coefficient (Wildman–Crippen LogP) is 2.55. The SMILES string of the molecule is CCc1cnc(CNCc2cnc(CC)s2)o1. The fourth-order valence-corrected chi connectivity index (χ4v) is 2.31. The maximum atomic E-state index is 5.51. The number of oxazole rings is 1. The Morgan fingerprint density at radius 2 is 2.06 bits per heavy atom. The first-order valence-electron chi connectivity index (χ1n) is 5.89. The molecule has 0 fully saturated rings. The van der Waals surface area contributed by atoms with Crippen LogP contribution in [0.4, 0.5) is 0 Å². The highest BCUT2D eigenvalue weighted by atomic mass is 32.1. The van der Waals surface area contributed by atoms with E-state index >= 15 is 0 Å². The van der Waals surface area contributed by atoms with Gasteiger partial charge >= 0.3 is 0 Å². The van der Waals surface area contributed by atoms with Gasteiger partial charge in [0.05, 0.1) is 17.7 Å². The monoisotopic (exact) mass is 251 g/mol. The molecule has 2 rings (SSSR count). The van der Waals surface area contributed by atoms with E-state index in [-0.39, 0.29) is 0 Å². The zero-order valence-electron chi connectivity index (χ0n) is 10.2. The van der Waals surface area contributed by atoms with Gasteiger partial charge in [0.1, 0.15) is 5.76 Å². The second kappa shape index (κ2) is 5.93. The molecule has 1 N–H and O–H groups in total. The Hall–Kier alpha value is -1.20. The van der Waals surface area contributed by atoms with Crippen molar-refractivity contribution < 1.29 is 4.42 Å². The smallest absolute Gasteiger partial charge is 0.208 e. The van der Waals surface area contributed by atoms with Gasteiger partial charge in [-0.05, 0) is 6.42 Å². The van der Waals surface area contributed by atoms with Crippen LogP contribution in [0.1, 0.15) is 35.4 Å². The van der Waals surface area contributed by atoms with Gasteiger partial charge in [0.25, 0.3) is 0 Å². The van der Waals surface area contributed by atoms with Gasteiger partial charge in [-0.1, -0.05) is 13.8 Å². The molecule has 0 aromatic carbocycles. The van der Waals surface area contributed by atoms with Crippen molar-refractivity contribution in [2.45, 2.75) is 39.8 Å². The molecule has 0 unspecified atom stereocenters. The molecule has 92 valence electrons. The van der Waals surface area contributed by atoms with Gasteiger partial charge in [-0.3, -0.25) is 0 Å². The molecule has 2 heterocycles. The zero-order valence-corrected chi connectivity index (χ0v) is 11.0. The van der Waals surface area contributed by atoms with E-state index in [0.29, 0.717) is 6.54 Å². The molecular formula is C12H17N3OS. The van der Waals surface area contributed by atoms with Crippen LogP contribution in [0.15, 0.2) is 16.8 Å². The highest BCUT2D eigenvalue weighted by Crippen LogP contribution is 2.13. The Kier molecular flexibility index (Phi) is 4.28. The van der Waals surface area contributed by atoms with Gasteiger partial charge < -0.3 is 9.73 Å². The molecule has 0 aliphatic heterocycles. The zero-order chi connectivity index (χ0) is 12.1. The minimum Gasteiger partial charge on any atom is -0.444 e.